The predicted molar refractivity (Wildman–Crippen MR) is 100 cm³/mol. The SMILES string of the molecule is CNS(=O)(=O)c1ccc(F)c(Nc2cc(Nc3ccc(C(F)(F)F)cn3)ncn2)c1. The van der Waals surface area contributed by atoms with Crippen LogP contribution in [0.2, 0.25) is 0 Å². The molecule has 158 valence electrons. The molecule has 0 radical (unpaired) electrons. The molecule has 3 aromatic rings. The first-order valence-corrected chi connectivity index (χ1v) is 9.69. The number of nitrogens with one attached hydrogen (secondary N) is 3. The number of benzene rings is 1. The molecule has 0 aliphatic heterocycles. The van der Waals surface area contributed by atoms with Gasteiger partial charge in [-0.2, -0.15) is 13.2 Å². The van der Waals surface area contributed by atoms with Gasteiger partial charge in [0.1, 0.15) is 29.6 Å². The van der Waals surface area contributed by atoms with Crippen molar-refractivity contribution in [2.75, 3.05) is 17.7 Å². The van der Waals surface area contributed by atoms with E-state index in [1.54, 1.807) is 0 Å². The van der Waals surface area contributed by atoms with Crippen molar-refractivity contribution in [1.29, 1.82) is 0 Å². The average Bonchev–Trinajstić information content (AvgIpc) is 2.69. The molecule has 0 bridgehead atoms. The van der Waals surface area contributed by atoms with E-state index in [2.05, 4.69) is 30.3 Å². The zero-order valence-electron chi connectivity index (χ0n) is 15.2. The summed E-state index contributed by atoms with van der Waals surface area (Å²) in [6.45, 7) is 0. The molecule has 0 aliphatic carbocycles. The van der Waals surface area contributed by atoms with Crippen LogP contribution in [0.5, 0.6) is 0 Å². The fraction of sp³-hybridized carbons (Fsp3) is 0.118. The van der Waals surface area contributed by atoms with Crippen molar-refractivity contribution in [1.82, 2.24) is 19.7 Å². The van der Waals surface area contributed by atoms with E-state index < -0.39 is 27.6 Å². The fourth-order valence-electron chi connectivity index (χ4n) is 2.28. The molecule has 30 heavy (non-hydrogen) atoms. The third-order valence-electron chi connectivity index (χ3n) is 3.79. The van der Waals surface area contributed by atoms with E-state index in [0.29, 0.717) is 6.20 Å². The second kappa shape index (κ2) is 8.20. The Hall–Kier alpha value is -3.32. The first-order valence-electron chi connectivity index (χ1n) is 8.21. The smallest absolute Gasteiger partial charge is 0.338 e. The van der Waals surface area contributed by atoms with Crippen LogP contribution >= 0.6 is 0 Å². The highest BCUT2D eigenvalue weighted by molar-refractivity contribution is 7.89. The zero-order valence-corrected chi connectivity index (χ0v) is 16.0. The summed E-state index contributed by atoms with van der Waals surface area (Å²) in [6.07, 6.45) is -2.70. The lowest BCUT2D eigenvalue weighted by atomic mass is 10.3. The minimum absolute atomic E-state index is 0.0981. The van der Waals surface area contributed by atoms with Gasteiger partial charge in [0, 0.05) is 12.3 Å². The molecular weight excluding hydrogens is 428 g/mol. The Kier molecular flexibility index (Phi) is 5.85. The van der Waals surface area contributed by atoms with Gasteiger partial charge in [0.2, 0.25) is 10.0 Å². The molecule has 0 aliphatic rings. The predicted octanol–water partition coefficient (Wildman–Crippen LogP) is 3.42. The molecule has 0 amide bonds. The number of halogens is 4. The van der Waals surface area contributed by atoms with Gasteiger partial charge in [0.25, 0.3) is 0 Å². The minimum atomic E-state index is -4.50. The Morgan fingerprint density at radius 2 is 1.60 bits per heavy atom. The van der Waals surface area contributed by atoms with E-state index in [0.717, 1.165) is 36.7 Å². The molecule has 8 nitrogen and oxygen atoms in total. The van der Waals surface area contributed by atoms with Gasteiger partial charge in [-0.05, 0) is 37.4 Å². The molecule has 0 unspecified atom stereocenters. The second-order valence-corrected chi connectivity index (χ2v) is 7.70. The maximum absolute atomic E-state index is 14.1. The minimum Gasteiger partial charge on any atom is -0.338 e. The van der Waals surface area contributed by atoms with E-state index >= 15 is 0 Å². The van der Waals surface area contributed by atoms with Gasteiger partial charge in [0.05, 0.1) is 16.1 Å². The molecule has 3 N–H and O–H groups in total. The summed E-state index contributed by atoms with van der Waals surface area (Å²) in [6, 6.07) is 6.52. The molecule has 0 saturated carbocycles. The fourth-order valence-corrected chi connectivity index (χ4v) is 3.04. The van der Waals surface area contributed by atoms with E-state index in [4.69, 9.17) is 0 Å². The third kappa shape index (κ3) is 4.99. The Balaban J connectivity index is 1.80. The molecular formula is C17H14F4N6O2S. The molecule has 3 rings (SSSR count). The van der Waals surface area contributed by atoms with Crippen molar-refractivity contribution in [2.24, 2.45) is 0 Å². The number of hydrogen-bond acceptors (Lipinski definition) is 7. The lowest BCUT2D eigenvalue weighted by Crippen LogP contribution is -2.18. The summed E-state index contributed by atoms with van der Waals surface area (Å²) in [5, 5.41) is 5.34. The van der Waals surface area contributed by atoms with Crippen LogP contribution in [-0.4, -0.2) is 30.4 Å². The molecule has 2 heterocycles. The van der Waals surface area contributed by atoms with Crippen LogP contribution in [0.4, 0.5) is 40.7 Å². The number of aromatic nitrogens is 3. The van der Waals surface area contributed by atoms with Gasteiger partial charge in [-0.3, -0.25) is 0 Å². The quantitative estimate of drug-likeness (QED) is 0.502. The van der Waals surface area contributed by atoms with Crippen LogP contribution in [0.1, 0.15) is 5.56 Å². The van der Waals surface area contributed by atoms with Gasteiger partial charge in [0.15, 0.2) is 0 Å². The van der Waals surface area contributed by atoms with Gasteiger partial charge < -0.3 is 10.6 Å². The standard InChI is InChI=1S/C17H14F4N6O2S/c1-22-30(28,29)11-3-4-12(18)13(6-11)26-15-7-16(25-9-24-15)27-14-5-2-10(8-23-14)17(19,20)21/h2-9,22H,1H3,(H2,23,24,25,26,27). The molecule has 0 atom stereocenters. The number of rotatable bonds is 6. The van der Waals surface area contributed by atoms with Crippen molar-refractivity contribution in [3.05, 3.63) is 60.3 Å². The summed E-state index contributed by atoms with van der Waals surface area (Å²) in [5.41, 5.74) is -1.05. The zero-order chi connectivity index (χ0) is 21.9. The maximum atomic E-state index is 14.1. The van der Waals surface area contributed by atoms with Crippen LogP contribution < -0.4 is 15.4 Å². The normalized spacial score (nSPS) is 11.9. The summed E-state index contributed by atoms with van der Waals surface area (Å²) in [7, 11) is -2.56. The van der Waals surface area contributed by atoms with Crippen molar-refractivity contribution >= 4 is 33.2 Å². The van der Waals surface area contributed by atoms with E-state index in [1.807, 2.05) is 0 Å². The van der Waals surface area contributed by atoms with Crippen molar-refractivity contribution in [3.63, 3.8) is 0 Å². The number of nitrogens with zero attached hydrogens (tertiary/aromatic N) is 3. The van der Waals surface area contributed by atoms with Gasteiger partial charge in [-0.25, -0.2) is 32.5 Å². The summed E-state index contributed by atoms with van der Waals surface area (Å²) in [4.78, 5) is 11.3. The highest BCUT2D eigenvalue weighted by atomic mass is 32.2. The van der Waals surface area contributed by atoms with Crippen molar-refractivity contribution < 1.29 is 26.0 Å². The van der Waals surface area contributed by atoms with E-state index in [-0.39, 0.29) is 28.0 Å². The number of sulfonamides is 1. The first kappa shape index (κ1) is 21.4. The molecule has 0 spiro atoms. The number of alkyl halides is 3. The molecule has 0 fully saturated rings. The number of anilines is 4. The topological polar surface area (TPSA) is 109 Å². The lowest BCUT2D eigenvalue weighted by molar-refractivity contribution is -0.137. The highest BCUT2D eigenvalue weighted by Crippen LogP contribution is 2.29. The molecule has 13 heteroatoms. The number of hydrogen-bond donors (Lipinski definition) is 3. The summed E-state index contributed by atoms with van der Waals surface area (Å²) < 4.78 is 77.8. The summed E-state index contributed by atoms with van der Waals surface area (Å²) in [5.74, 6) is -0.347. The highest BCUT2D eigenvalue weighted by Gasteiger charge is 2.30. The van der Waals surface area contributed by atoms with Crippen molar-refractivity contribution in [2.45, 2.75) is 11.1 Å². The van der Waals surface area contributed by atoms with Crippen LogP contribution in [0, 0.1) is 5.82 Å². The second-order valence-electron chi connectivity index (χ2n) is 5.82. The third-order valence-corrected chi connectivity index (χ3v) is 5.21. The Labute approximate surface area is 168 Å². The Bertz CT molecular complexity index is 1150. The van der Waals surface area contributed by atoms with Gasteiger partial charge in [-0.15, -0.1) is 0 Å². The van der Waals surface area contributed by atoms with Crippen molar-refractivity contribution in [3.8, 4) is 0 Å². The maximum Gasteiger partial charge on any atom is 0.417 e. The lowest BCUT2D eigenvalue weighted by Gasteiger charge is -2.11. The largest absolute Gasteiger partial charge is 0.417 e. The molecule has 2 aromatic heterocycles. The van der Waals surface area contributed by atoms with Gasteiger partial charge in [-0.1, -0.05) is 0 Å². The Morgan fingerprint density at radius 1 is 0.900 bits per heavy atom. The van der Waals surface area contributed by atoms with Crippen LogP contribution in [0.15, 0.2) is 53.8 Å². The number of pyridine rings is 1. The van der Waals surface area contributed by atoms with Crippen LogP contribution in [0.3, 0.4) is 0 Å². The average molecular weight is 442 g/mol. The van der Waals surface area contributed by atoms with Crippen LogP contribution in [-0.2, 0) is 16.2 Å². The van der Waals surface area contributed by atoms with E-state index in [9.17, 15) is 26.0 Å². The Morgan fingerprint density at radius 3 is 2.20 bits per heavy atom. The first-order chi connectivity index (χ1) is 14.1. The van der Waals surface area contributed by atoms with Gasteiger partial charge >= 0.3 is 6.18 Å². The molecule has 0 saturated heterocycles. The summed E-state index contributed by atoms with van der Waals surface area (Å²) >= 11 is 0. The monoisotopic (exact) mass is 442 g/mol. The van der Waals surface area contributed by atoms with E-state index in [1.165, 1.54) is 13.1 Å². The van der Waals surface area contributed by atoms with Crippen LogP contribution in [0.25, 0.3) is 0 Å². The molecule has 1 aromatic carbocycles.